The van der Waals surface area contributed by atoms with Gasteiger partial charge in [0.25, 0.3) is 0 Å². The van der Waals surface area contributed by atoms with E-state index >= 15 is 0 Å². The van der Waals surface area contributed by atoms with Gasteiger partial charge in [-0.1, -0.05) is 20.8 Å². The van der Waals surface area contributed by atoms with Gasteiger partial charge in [-0.05, 0) is 45.1 Å². The molecular formula is C14H30N2. The molecule has 1 N–H and O–H groups in total. The molecular weight excluding hydrogens is 196 g/mol. The molecule has 2 nitrogen and oxygen atoms in total. The van der Waals surface area contributed by atoms with E-state index in [0.29, 0.717) is 11.5 Å². The van der Waals surface area contributed by atoms with Crippen LogP contribution < -0.4 is 5.32 Å². The van der Waals surface area contributed by atoms with Crippen LogP contribution in [0, 0.1) is 5.41 Å². The van der Waals surface area contributed by atoms with Gasteiger partial charge in [0.15, 0.2) is 0 Å². The Kier molecular flexibility index (Phi) is 5.26. The summed E-state index contributed by atoms with van der Waals surface area (Å²) in [4.78, 5) is 2.58. The summed E-state index contributed by atoms with van der Waals surface area (Å²) in [5.74, 6) is 0. The molecule has 0 bridgehead atoms. The highest BCUT2D eigenvalue weighted by Gasteiger charge is 2.29. The molecule has 0 aliphatic heterocycles. The van der Waals surface area contributed by atoms with Crippen LogP contribution in [0.2, 0.25) is 0 Å². The Morgan fingerprint density at radius 2 is 1.94 bits per heavy atom. The van der Waals surface area contributed by atoms with E-state index in [-0.39, 0.29) is 0 Å². The lowest BCUT2D eigenvalue weighted by atomic mass is 9.86. The van der Waals surface area contributed by atoms with Crippen LogP contribution >= 0.6 is 0 Å². The number of rotatable bonds is 8. The second-order valence-corrected chi connectivity index (χ2v) is 5.98. The first-order valence-corrected chi connectivity index (χ1v) is 6.98. The van der Waals surface area contributed by atoms with Crippen molar-refractivity contribution in [3.8, 4) is 0 Å². The maximum atomic E-state index is 3.69. The van der Waals surface area contributed by atoms with Crippen LogP contribution in [0.5, 0.6) is 0 Å². The van der Waals surface area contributed by atoms with Crippen LogP contribution in [0.25, 0.3) is 0 Å². The van der Waals surface area contributed by atoms with Crippen molar-refractivity contribution in [2.75, 3.05) is 19.6 Å². The maximum Gasteiger partial charge on any atom is 0.00684 e. The van der Waals surface area contributed by atoms with Gasteiger partial charge in [-0.2, -0.15) is 0 Å². The average molecular weight is 226 g/mol. The first kappa shape index (κ1) is 14.0. The molecule has 1 saturated carbocycles. The fourth-order valence-corrected chi connectivity index (χ4v) is 2.12. The lowest BCUT2D eigenvalue weighted by Crippen LogP contribution is -2.45. The Balaban J connectivity index is 2.41. The Hall–Kier alpha value is -0.0800. The van der Waals surface area contributed by atoms with Gasteiger partial charge in [-0.25, -0.2) is 0 Å². The molecule has 96 valence electrons. The summed E-state index contributed by atoms with van der Waals surface area (Å²) in [6.07, 6.45) is 4.04. The van der Waals surface area contributed by atoms with E-state index in [2.05, 4.69) is 44.8 Å². The third kappa shape index (κ3) is 4.42. The van der Waals surface area contributed by atoms with E-state index in [0.717, 1.165) is 12.6 Å². The highest BCUT2D eigenvalue weighted by atomic mass is 15.2. The Morgan fingerprint density at radius 1 is 1.31 bits per heavy atom. The fraction of sp³-hybridized carbons (Fsp3) is 1.00. The van der Waals surface area contributed by atoms with Gasteiger partial charge in [-0.15, -0.1) is 0 Å². The van der Waals surface area contributed by atoms with E-state index in [1.54, 1.807) is 0 Å². The molecule has 0 heterocycles. The zero-order valence-corrected chi connectivity index (χ0v) is 11.8. The fourth-order valence-electron chi connectivity index (χ4n) is 2.12. The Bertz CT molecular complexity index is 199. The van der Waals surface area contributed by atoms with Crippen molar-refractivity contribution in [3.05, 3.63) is 0 Å². The summed E-state index contributed by atoms with van der Waals surface area (Å²) in [6, 6.07) is 1.50. The van der Waals surface area contributed by atoms with Crippen molar-refractivity contribution >= 4 is 0 Å². The zero-order chi connectivity index (χ0) is 12.2. The van der Waals surface area contributed by atoms with Gasteiger partial charge in [0.05, 0.1) is 0 Å². The average Bonchev–Trinajstić information content (AvgIpc) is 3.06. The monoisotopic (exact) mass is 226 g/mol. The third-order valence-corrected chi connectivity index (χ3v) is 3.97. The van der Waals surface area contributed by atoms with Gasteiger partial charge < -0.3 is 10.2 Å². The molecule has 1 rings (SSSR count). The van der Waals surface area contributed by atoms with Gasteiger partial charge in [0.2, 0.25) is 0 Å². The van der Waals surface area contributed by atoms with Crippen LogP contribution in [-0.2, 0) is 0 Å². The van der Waals surface area contributed by atoms with Crippen LogP contribution in [0.3, 0.4) is 0 Å². The van der Waals surface area contributed by atoms with Crippen molar-refractivity contribution in [3.63, 3.8) is 0 Å². The van der Waals surface area contributed by atoms with Crippen LogP contribution in [0.4, 0.5) is 0 Å². The standard InChI is InChI=1S/C14H30N2/c1-6-14(5,10-15-13-8-9-13)11-16(7-2)12(3)4/h12-13,15H,6-11H2,1-5H3. The molecule has 1 aliphatic carbocycles. The van der Waals surface area contributed by atoms with Crippen LogP contribution in [0.1, 0.15) is 53.9 Å². The lowest BCUT2D eigenvalue weighted by Gasteiger charge is -2.37. The van der Waals surface area contributed by atoms with Gasteiger partial charge in [-0.3, -0.25) is 0 Å². The molecule has 16 heavy (non-hydrogen) atoms. The van der Waals surface area contributed by atoms with Gasteiger partial charge in [0, 0.05) is 25.2 Å². The molecule has 1 atom stereocenters. The lowest BCUT2D eigenvalue weighted by molar-refractivity contribution is 0.132. The van der Waals surface area contributed by atoms with Crippen molar-refractivity contribution in [1.82, 2.24) is 10.2 Å². The van der Waals surface area contributed by atoms with E-state index in [1.165, 1.54) is 32.4 Å². The van der Waals surface area contributed by atoms with Crippen LogP contribution in [-0.4, -0.2) is 36.6 Å². The van der Waals surface area contributed by atoms with Crippen molar-refractivity contribution in [2.24, 2.45) is 5.41 Å². The van der Waals surface area contributed by atoms with E-state index in [4.69, 9.17) is 0 Å². The normalized spacial score (nSPS) is 20.4. The molecule has 1 unspecified atom stereocenters. The highest BCUT2D eigenvalue weighted by Crippen LogP contribution is 2.26. The minimum absolute atomic E-state index is 0.433. The summed E-state index contributed by atoms with van der Waals surface area (Å²) < 4.78 is 0. The molecule has 0 aromatic heterocycles. The minimum Gasteiger partial charge on any atom is -0.313 e. The first-order valence-electron chi connectivity index (χ1n) is 6.98. The second-order valence-electron chi connectivity index (χ2n) is 5.98. The third-order valence-electron chi connectivity index (χ3n) is 3.97. The van der Waals surface area contributed by atoms with Crippen molar-refractivity contribution in [1.29, 1.82) is 0 Å². The van der Waals surface area contributed by atoms with Crippen molar-refractivity contribution in [2.45, 2.75) is 66.0 Å². The molecule has 0 aromatic rings. The predicted molar refractivity (Wildman–Crippen MR) is 71.8 cm³/mol. The zero-order valence-electron chi connectivity index (χ0n) is 11.8. The SMILES string of the molecule is CCN(CC(C)(CC)CNC1CC1)C(C)C. The molecule has 0 saturated heterocycles. The molecule has 0 spiro atoms. The topological polar surface area (TPSA) is 15.3 Å². The van der Waals surface area contributed by atoms with Gasteiger partial charge >= 0.3 is 0 Å². The number of hydrogen-bond donors (Lipinski definition) is 1. The number of nitrogens with one attached hydrogen (secondary N) is 1. The summed E-state index contributed by atoms with van der Waals surface area (Å²) in [5, 5.41) is 3.69. The van der Waals surface area contributed by atoms with Crippen molar-refractivity contribution < 1.29 is 0 Å². The molecule has 0 radical (unpaired) electrons. The number of hydrogen-bond acceptors (Lipinski definition) is 2. The van der Waals surface area contributed by atoms with E-state index in [9.17, 15) is 0 Å². The Morgan fingerprint density at radius 3 is 2.31 bits per heavy atom. The van der Waals surface area contributed by atoms with E-state index in [1.807, 2.05) is 0 Å². The quantitative estimate of drug-likeness (QED) is 0.684. The molecule has 1 aliphatic rings. The molecule has 0 amide bonds. The summed E-state index contributed by atoms with van der Waals surface area (Å²) in [7, 11) is 0. The molecule has 0 aromatic carbocycles. The molecule has 2 heteroatoms. The Labute approximate surface area is 102 Å². The maximum absolute atomic E-state index is 3.69. The van der Waals surface area contributed by atoms with Crippen LogP contribution in [0.15, 0.2) is 0 Å². The summed E-state index contributed by atoms with van der Waals surface area (Å²) in [5.41, 5.74) is 0.433. The van der Waals surface area contributed by atoms with E-state index < -0.39 is 0 Å². The number of nitrogens with zero attached hydrogens (tertiary/aromatic N) is 1. The minimum atomic E-state index is 0.433. The highest BCUT2D eigenvalue weighted by molar-refractivity contribution is 4.87. The largest absolute Gasteiger partial charge is 0.313 e. The predicted octanol–water partition coefficient (Wildman–Crippen LogP) is 2.89. The van der Waals surface area contributed by atoms with Gasteiger partial charge in [0.1, 0.15) is 0 Å². The smallest absolute Gasteiger partial charge is 0.00684 e. The summed E-state index contributed by atoms with van der Waals surface area (Å²) in [6.45, 7) is 15.2. The second kappa shape index (κ2) is 6.02. The molecule has 1 fully saturated rings. The summed E-state index contributed by atoms with van der Waals surface area (Å²) >= 11 is 0. The first-order chi connectivity index (χ1) is 7.50.